The van der Waals surface area contributed by atoms with E-state index in [-0.39, 0.29) is 0 Å². The predicted octanol–water partition coefficient (Wildman–Crippen LogP) is 20.0. The fourth-order valence-electron chi connectivity index (χ4n) is 11.5. The Morgan fingerprint density at radius 1 is 0.338 bits per heavy atom. The number of fused-ring (bicyclic) bond motifs is 1. The van der Waals surface area contributed by atoms with Gasteiger partial charge in [-0.25, -0.2) is 0 Å². The van der Waals surface area contributed by atoms with Crippen LogP contribution in [0, 0.1) is 0 Å². The summed E-state index contributed by atoms with van der Waals surface area (Å²) in [4.78, 5) is 2.47. The molecule has 0 amide bonds. The topological polar surface area (TPSA) is 3.24 Å². The maximum absolute atomic E-state index is 2.47. The number of allylic oxidation sites excluding steroid dienone is 4. The monoisotopic (exact) mass is 911 g/mol. The van der Waals surface area contributed by atoms with Crippen LogP contribution in [0.3, 0.4) is 0 Å². The van der Waals surface area contributed by atoms with E-state index in [4.69, 9.17) is 0 Å². The largest absolute Gasteiger partial charge is 0.310 e. The normalized spacial score (nSPS) is 14.7. The molecule has 0 bridgehead atoms. The lowest BCUT2D eigenvalue weighted by Gasteiger charge is -2.29. The first kappa shape index (κ1) is 44.0. The van der Waals surface area contributed by atoms with Crippen molar-refractivity contribution in [3.8, 4) is 66.8 Å². The van der Waals surface area contributed by atoms with E-state index in [1.165, 1.54) is 121 Å². The number of rotatable bonds is 11. The number of benzene rings is 10. The number of anilines is 3. The molecule has 0 N–H and O–H groups in total. The van der Waals surface area contributed by atoms with Gasteiger partial charge in [-0.2, -0.15) is 0 Å². The summed E-state index contributed by atoms with van der Waals surface area (Å²) in [7, 11) is 0. The molecule has 1 atom stereocenters. The highest BCUT2D eigenvalue weighted by Gasteiger charge is 2.24. The fraction of sp³-hybridized carbons (Fsp3) is 0.114. The van der Waals surface area contributed by atoms with Crippen LogP contribution in [0.1, 0.15) is 61.5 Å². The van der Waals surface area contributed by atoms with Gasteiger partial charge < -0.3 is 4.90 Å². The molecule has 10 aromatic rings. The van der Waals surface area contributed by atoms with E-state index in [0.29, 0.717) is 11.8 Å². The molecule has 342 valence electrons. The standard InChI is InChI=1S/C70H57N/c1-6-20-52(21-7-1)62-46-40-58(48-67(62)55-26-12-4-13-27-55)50-36-42-60(43-37-50)71(69-35-17-16-32-65(69)66-34-19-31-57-30-18-33-64(70(57)66)54-24-10-3-11-25-54)61-44-38-51(39-45-61)59-41-47-63(53-22-8-2-9-23-53)68(49-59)56-28-14-5-15-29-56/h1-2,4-9,12-22,26-49,53-54H,3,10-11,23-25H2. The van der Waals surface area contributed by atoms with E-state index in [1.54, 1.807) is 0 Å². The molecule has 1 nitrogen and oxygen atoms in total. The third-order valence-electron chi connectivity index (χ3n) is 15.0. The van der Waals surface area contributed by atoms with Crippen molar-refractivity contribution in [1.82, 2.24) is 0 Å². The van der Waals surface area contributed by atoms with Gasteiger partial charge in [0.25, 0.3) is 0 Å². The van der Waals surface area contributed by atoms with E-state index < -0.39 is 0 Å². The molecule has 1 unspecified atom stereocenters. The van der Waals surface area contributed by atoms with Crippen molar-refractivity contribution < 1.29 is 0 Å². The minimum absolute atomic E-state index is 0.353. The first-order chi connectivity index (χ1) is 35.2. The van der Waals surface area contributed by atoms with Crippen LogP contribution in [0.15, 0.2) is 261 Å². The van der Waals surface area contributed by atoms with Crippen molar-refractivity contribution in [2.45, 2.75) is 50.4 Å². The highest BCUT2D eigenvalue weighted by Crippen LogP contribution is 2.47. The molecule has 1 fully saturated rings. The summed E-state index contributed by atoms with van der Waals surface area (Å²) in [5.41, 5.74) is 21.0. The van der Waals surface area contributed by atoms with Gasteiger partial charge in [0.05, 0.1) is 5.69 Å². The Labute approximate surface area is 419 Å². The fourth-order valence-corrected chi connectivity index (χ4v) is 11.5. The van der Waals surface area contributed by atoms with E-state index in [0.717, 1.165) is 23.5 Å². The number of para-hydroxylation sites is 1. The molecule has 0 saturated heterocycles. The Hall–Kier alpha value is -8.26. The Balaban J connectivity index is 0.976. The number of nitrogens with zero attached hydrogens (tertiary/aromatic N) is 1. The molecule has 0 heterocycles. The third kappa shape index (κ3) is 8.97. The van der Waals surface area contributed by atoms with Crippen LogP contribution in [0.25, 0.3) is 77.5 Å². The van der Waals surface area contributed by atoms with Crippen LogP contribution in [0.4, 0.5) is 17.1 Å². The Morgan fingerprint density at radius 2 is 0.873 bits per heavy atom. The molecule has 0 spiro atoms. The van der Waals surface area contributed by atoms with Crippen LogP contribution in [-0.2, 0) is 0 Å². The van der Waals surface area contributed by atoms with E-state index in [9.17, 15) is 0 Å². The smallest absolute Gasteiger partial charge is 0.0540 e. The number of hydrogen-bond donors (Lipinski definition) is 0. The van der Waals surface area contributed by atoms with E-state index in [2.05, 4.69) is 266 Å². The molecule has 1 heteroatoms. The second-order valence-electron chi connectivity index (χ2n) is 19.3. The highest BCUT2D eigenvalue weighted by atomic mass is 15.1. The molecule has 10 aromatic carbocycles. The molecule has 71 heavy (non-hydrogen) atoms. The Kier molecular flexibility index (Phi) is 12.4. The summed E-state index contributed by atoms with van der Waals surface area (Å²) in [5.74, 6) is 0.931. The quantitative estimate of drug-likeness (QED) is 0.125. The van der Waals surface area contributed by atoms with Gasteiger partial charge in [-0.3, -0.25) is 0 Å². The summed E-state index contributed by atoms with van der Waals surface area (Å²) in [6, 6.07) is 87.8. The molecular weight excluding hydrogens is 855 g/mol. The lowest BCUT2D eigenvalue weighted by molar-refractivity contribution is 0.445. The zero-order valence-electron chi connectivity index (χ0n) is 40.2. The molecule has 0 aromatic heterocycles. The van der Waals surface area contributed by atoms with Gasteiger partial charge in [0.2, 0.25) is 0 Å². The van der Waals surface area contributed by atoms with E-state index in [1.807, 2.05) is 0 Å². The maximum Gasteiger partial charge on any atom is 0.0540 e. The summed E-state index contributed by atoms with van der Waals surface area (Å²) < 4.78 is 0. The van der Waals surface area contributed by atoms with Gasteiger partial charge in [0.15, 0.2) is 0 Å². The summed E-state index contributed by atoms with van der Waals surface area (Å²) >= 11 is 0. The molecule has 1 saturated carbocycles. The van der Waals surface area contributed by atoms with Crippen molar-refractivity contribution in [2.75, 3.05) is 4.90 Å². The first-order valence-electron chi connectivity index (χ1n) is 25.6. The van der Waals surface area contributed by atoms with Crippen LogP contribution in [-0.4, -0.2) is 0 Å². The molecule has 2 aliphatic rings. The Morgan fingerprint density at radius 3 is 1.51 bits per heavy atom. The van der Waals surface area contributed by atoms with E-state index >= 15 is 0 Å². The van der Waals surface area contributed by atoms with Crippen molar-refractivity contribution in [3.63, 3.8) is 0 Å². The molecule has 12 rings (SSSR count). The first-order valence-corrected chi connectivity index (χ1v) is 25.6. The maximum atomic E-state index is 2.47. The summed E-state index contributed by atoms with van der Waals surface area (Å²) in [6.07, 6.45) is 16.4. The lowest BCUT2D eigenvalue weighted by Crippen LogP contribution is -2.11. The van der Waals surface area contributed by atoms with Crippen LogP contribution < -0.4 is 4.90 Å². The van der Waals surface area contributed by atoms with Crippen LogP contribution in [0.2, 0.25) is 0 Å². The minimum atomic E-state index is 0.353. The molecule has 0 aliphatic heterocycles. The minimum Gasteiger partial charge on any atom is -0.310 e. The molecule has 0 radical (unpaired) electrons. The van der Waals surface area contributed by atoms with Gasteiger partial charge in [-0.15, -0.1) is 0 Å². The van der Waals surface area contributed by atoms with Gasteiger partial charge in [-0.05, 0) is 151 Å². The molecular formula is C70H57N. The van der Waals surface area contributed by atoms with Gasteiger partial charge in [-0.1, -0.05) is 238 Å². The zero-order chi connectivity index (χ0) is 47.3. The third-order valence-corrected chi connectivity index (χ3v) is 15.0. The second kappa shape index (κ2) is 20.0. The second-order valence-corrected chi connectivity index (χ2v) is 19.3. The highest BCUT2D eigenvalue weighted by molar-refractivity contribution is 6.03. The average Bonchev–Trinajstić information content (AvgIpc) is 3.46. The zero-order valence-corrected chi connectivity index (χ0v) is 40.2. The van der Waals surface area contributed by atoms with Crippen LogP contribution >= 0.6 is 0 Å². The van der Waals surface area contributed by atoms with Crippen molar-refractivity contribution >= 4 is 27.8 Å². The van der Waals surface area contributed by atoms with Gasteiger partial charge >= 0.3 is 0 Å². The summed E-state index contributed by atoms with van der Waals surface area (Å²) in [5, 5.41) is 2.70. The van der Waals surface area contributed by atoms with Crippen LogP contribution in [0.5, 0.6) is 0 Å². The van der Waals surface area contributed by atoms with Crippen molar-refractivity contribution in [3.05, 3.63) is 272 Å². The Bertz CT molecular complexity index is 3500. The van der Waals surface area contributed by atoms with Crippen molar-refractivity contribution in [1.29, 1.82) is 0 Å². The number of hydrogen-bond acceptors (Lipinski definition) is 1. The SMILES string of the molecule is C1=CCC(c2ccc(-c3ccc(N(c4ccc(-c5ccc(-c6ccccc6)c(-c6ccccc6)c5)cc4)c4ccccc4-c4cccc5cccc(C6CCCCC6)c45)cc3)cc2-c2ccccc2)C=C1. The lowest BCUT2D eigenvalue weighted by atomic mass is 9.80. The average molecular weight is 912 g/mol. The summed E-state index contributed by atoms with van der Waals surface area (Å²) in [6.45, 7) is 0. The van der Waals surface area contributed by atoms with Gasteiger partial charge in [0, 0.05) is 22.9 Å². The van der Waals surface area contributed by atoms with Crippen molar-refractivity contribution in [2.24, 2.45) is 0 Å². The van der Waals surface area contributed by atoms with Gasteiger partial charge in [0.1, 0.15) is 0 Å². The molecule has 2 aliphatic carbocycles. The predicted molar refractivity (Wildman–Crippen MR) is 303 cm³/mol.